The van der Waals surface area contributed by atoms with E-state index >= 15 is 0 Å². The lowest BCUT2D eigenvalue weighted by Crippen LogP contribution is -2.46. The largest absolute Gasteiger partial charge is 0.349 e. The van der Waals surface area contributed by atoms with Crippen LogP contribution in [0.4, 0.5) is 11.4 Å². The Labute approximate surface area is 114 Å². The summed E-state index contributed by atoms with van der Waals surface area (Å²) < 4.78 is 0. The molecular weight excluding hydrogens is 233 g/mol. The first-order chi connectivity index (χ1) is 9.20. The molecule has 2 bridgehead atoms. The van der Waals surface area contributed by atoms with E-state index in [0.717, 1.165) is 19.8 Å². The van der Waals surface area contributed by atoms with Gasteiger partial charge in [-0.1, -0.05) is 35.4 Å². The molecule has 0 unspecified atom stereocenters. The Morgan fingerprint density at radius 1 is 0.737 bits per heavy atom. The molecule has 2 aliphatic heterocycles. The Morgan fingerprint density at radius 2 is 1.21 bits per heavy atom. The lowest BCUT2D eigenvalue weighted by atomic mass is 10.0. The van der Waals surface area contributed by atoms with E-state index in [1.165, 1.54) is 33.6 Å². The molecule has 2 nitrogen and oxygen atoms in total. The maximum Gasteiger partial charge on any atom is 0.0910 e. The highest BCUT2D eigenvalue weighted by Gasteiger charge is 2.28. The van der Waals surface area contributed by atoms with E-state index in [0.29, 0.717) is 0 Å². The van der Waals surface area contributed by atoms with E-state index < -0.39 is 0 Å². The number of hydrogen-bond donors (Lipinski definition) is 0. The molecule has 0 aliphatic carbocycles. The number of benzene rings is 2. The van der Waals surface area contributed by atoms with Crippen LogP contribution in [0.15, 0.2) is 36.4 Å². The molecule has 2 heteroatoms. The molecule has 0 amide bonds. The summed E-state index contributed by atoms with van der Waals surface area (Å²) in [5.74, 6) is 0. The van der Waals surface area contributed by atoms with Crippen molar-refractivity contribution in [3.8, 4) is 0 Å². The fraction of sp³-hybridized carbons (Fsp3) is 0.294. The van der Waals surface area contributed by atoms with Crippen LogP contribution in [0.5, 0.6) is 0 Å². The Bertz CT molecular complexity index is 603. The molecular formula is C17H18N2. The monoisotopic (exact) mass is 251 g/mol. The van der Waals surface area contributed by atoms with Crippen molar-refractivity contribution in [2.45, 2.75) is 26.9 Å². The van der Waals surface area contributed by atoms with Gasteiger partial charge in [-0.15, -0.1) is 0 Å². The van der Waals surface area contributed by atoms with Crippen LogP contribution < -0.4 is 9.80 Å². The maximum absolute atomic E-state index is 2.49. The average Bonchev–Trinajstić information content (AvgIpc) is 2.37. The van der Waals surface area contributed by atoms with Gasteiger partial charge in [-0.3, -0.25) is 0 Å². The summed E-state index contributed by atoms with van der Waals surface area (Å²) in [6.45, 7) is 7.43. The standard InChI is InChI=1S/C17H18N2/c1-12-3-5-16-14(7-12)9-18-11-19(16)10-15-8-13(2)4-6-17(15)18/h3-8H,9-11H2,1-2H3/i18+1. The second-order valence-corrected chi connectivity index (χ2v) is 5.80. The Balaban J connectivity index is 1.83. The van der Waals surface area contributed by atoms with Crippen molar-refractivity contribution in [1.82, 2.24) is 0 Å². The molecule has 19 heavy (non-hydrogen) atoms. The highest BCUT2D eigenvalue weighted by atomic mass is 15.9. The van der Waals surface area contributed by atoms with Gasteiger partial charge in [0, 0.05) is 24.5 Å². The zero-order valence-corrected chi connectivity index (χ0v) is 11.5. The zero-order chi connectivity index (χ0) is 13.0. The van der Waals surface area contributed by atoms with Gasteiger partial charge in [-0.25, -0.2) is 0 Å². The molecule has 0 saturated heterocycles. The van der Waals surface area contributed by atoms with E-state index in [2.05, 4.69) is 60.0 Å². The molecule has 2 aliphatic rings. The minimum atomic E-state index is 1.02. The molecule has 0 fully saturated rings. The van der Waals surface area contributed by atoms with Crippen molar-refractivity contribution in [3.63, 3.8) is 0 Å². The van der Waals surface area contributed by atoms with Gasteiger partial charge in [0.15, 0.2) is 0 Å². The van der Waals surface area contributed by atoms with Crippen LogP contribution in [0, 0.1) is 13.8 Å². The van der Waals surface area contributed by atoms with Crippen LogP contribution in [0.25, 0.3) is 0 Å². The first-order valence-electron chi connectivity index (χ1n) is 6.90. The highest BCUT2D eigenvalue weighted by Crippen LogP contribution is 2.38. The number of aryl methyl sites for hydroxylation is 2. The van der Waals surface area contributed by atoms with Crippen LogP contribution in [0.2, 0.25) is 0 Å². The quantitative estimate of drug-likeness (QED) is 0.660. The van der Waals surface area contributed by atoms with Gasteiger partial charge in [0.25, 0.3) is 0 Å². The van der Waals surface area contributed by atoms with Crippen molar-refractivity contribution < 1.29 is 0 Å². The molecule has 4 rings (SSSR count). The van der Waals surface area contributed by atoms with Gasteiger partial charge in [0.1, 0.15) is 0 Å². The van der Waals surface area contributed by atoms with Gasteiger partial charge < -0.3 is 9.80 Å². The third-order valence-corrected chi connectivity index (χ3v) is 4.22. The summed E-state index contributed by atoms with van der Waals surface area (Å²) >= 11 is 0. The molecule has 0 radical (unpaired) electrons. The summed E-state index contributed by atoms with van der Waals surface area (Å²) in [7, 11) is 0. The zero-order valence-electron chi connectivity index (χ0n) is 11.5. The minimum absolute atomic E-state index is 1.02. The lowest BCUT2D eigenvalue weighted by molar-refractivity contribution is 0.650. The summed E-state index contributed by atoms with van der Waals surface area (Å²) in [6, 6.07) is 13.7. The second-order valence-electron chi connectivity index (χ2n) is 5.80. The Hall–Kier alpha value is -1.96. The molecule has 2 heterocycles. The number of anilines is 2. The summed E-state index contributed by atoms with van der Waals surface area (Å²) in [5.41, 5.74) is 8.44. The third kappa shape index (κ3) is 1.63. The lowest BCUT2D eigenvalue weighted by Gasteiger charge is -2.45. The first-order valence-corrected chi connectivity index (χ1v) is 6.90. The van der Waals surface area contributed by atoms with Gasteiger partial charge >= 0.3 is 0 Å². The van der Waals surface area contributed by atoms with E-state index in [-0.39, 0.29) is 0 Å². The molecule has 0 aromatic heterocycles. The van der Waals surface area contributed by atoms with E-state index in [4.69, 9.17) is 0 Å². The SMILES string of the molecule is Cc1ccc2c(c1)C[15N]1CN2Cc2cc(C)ccc21. The minimum Gasteiger partial charge on any atom is -0.349 e. The smallest absolute Gasteiger partial charge is 0.0910 e. The van der Waals surface area contributed by atoms with Crippen molar-refractivity contribution >= 4 is 11.4 Å². The molecule has 0 saturated carbocycles. The Kier molecular flexibility index (Phi) is 2.16. The summed E-state index contributed by atoms with van der Waals surface area (Å²) in [6.07, 6.45) is 0. The predicted molar refractivity (Wildman–Crippen MR) is 79.6 cm³/mol. The first kappa shape index (κ1) is 10.9. The fourth-order valence-corrected chi connectivity index (χ4v) is 3.34. The molecule has 96 valence electrons. The average molecular weight is 251 g/mol. The van der Waals surface area contributed by atoms with Gasteiger partial charge in [0.2, 0.25) is 0 Å². The van der Waals surface area contributed by atoms with E-state index in [9.17, 15) is 0 Å². The third-order valence-electron chi connectivity index (χ3n) is 4.22. The number of hydrogen-bond acceptors (Lipinski definition) is 2. The number of rotatable bonds is 0. The van der Waals surface area contributed by atoms with Gasteiger partial charge in [-0.2, -0.15) is 0 Å². The molecule has 0 spiro atoms. The molecule has 0 atom stereocenters. The molecule has 0 N–H and O–H groups in total. The Morgan fingerprint density at radius 3 is 1.68 bits per heavy atom. The van der Waals surface area contributed by atoms with Crippen LogP contribution in [-0.4, -0.2) is 6.67 Å². The second kappa shape index (κ2) is 3.77. The summed E-state index contributed by atoms with van der Waals surface area (Å²) in [5, 5.41) is 0. The van der Waals surface area contributed by atoms with Crippen LogP contribution in [0.1, 0.15) is 22.3 Å². The van der Waals surface area contributed by atoms with Gasteiger partial charge in [-0.05, 0) is 37.1 Å². The molecule has 2 aromatic carbocycles. The summed E-state index contributed by atoms with van der Waals surface area (Å²) in [4.78, 5) is 4.97. The highest BCUT2D eigenvalue weighted by molar-refractivity contribution is 5.68. The topological polar surface area (TPSA) is 6.48 Å². The maximum atomic E-state index is 2.49. The predicted octanol–water partition coefficient (Wildman–Crippen LogP) is 3.60. The number of nitrogens with zero attached hydrogens (tertiary/aromatic N) is 2. The van der Waals surface area contributed by atoms with Crippen molar-refractivity contribution in [1.29, 1.82) is 0 Å². The van der Waals surface area contributed by atoms with E-state index in [1.54, 1.807) is 0 Å². The van der Waals surface area contributed by atoms with Gasteiger partial charge in [0.05, 0.1) is 6.67 Å². The van der Waals surface area contributed by atoms with Crippen LogP contribution in [-0.2, 0) is 13.1 Å². The molecule has 2 aromatic rings. The van der Waals surface area contributed by atoms with Crippen molar-refractivity contribution in [3.05, 3.63) is 58.7 Å². The van der Waals surface area contributed by atoms with Crippen molar-refractivity contribution in [2.75, 3.05) is 16.5 Å². The number of fused-ring (bicyclic) bond motifs is 6. The fourth-order valence-electron chi connectivity index (χ4n) is 3.34. The van der Waals surface area contributed by atoms with E-state index in [1.807, 2.05) is 0 Å². The van der Waals surface area contributed by atoms with Crippen LogP contribution in [0.3, 0.4) is 0 Å². The van der Waals surface area contributed by atoms with Crippen molar-refractivity contribution in [2.24, 2.45) is 0 Å². The normalized spacial score (nSPS) is 16.1. The van der Waals surface area contributed by atoms with Crippen LogP contribution >= 0.6 is 0 Å².